The number of anilines is 3. The van der Waals surface area contributed by atoms with Crippen LogP contribution in [-0.4, -0.2) is 30.3 Å². The van der Waals surface area contributed by atoms with Crippen LogP contribution in [0.2, 0.25) is 5.02 Å². The monoisotopic (exact) mass is 555 g/mol. The van der Waals surface area contributed by atoms with Crippen LogP contribution in [0.15, 0.2) is 77.5 Å². The highest BCUT2D eigenvalue weighted by atomic mass is 35.5. The van der Waals surface area contributed by atoms with Gasteiger partial charge in [-0.2, -0.15) is 0 Å². The van der Waals surface area contributed by atoms with Crippen LogP contribution < -0.4 is 15.5 Å². The zero-order valence-corrected chi connectivity index (χ0v) is 21.4. The predicted molar refractivity (Wildman–Crippen MR) is 142 cm³/mol. The van der Waals surface area contributed by atoms with Gasteiger partial charge < -0.3 is 15.4 Å². The summed E-state index contributed by atoms with van der Waals surface area (Å²) < 4.78 is 18.4. The summed E-state index contributed by atoms with van der Waals surface area (Å²) in [5, 5.41) is 5.00. The van der Waals surface area contributed by atoms with Gasteiger partial charge in [0.05, 0.1) is 22.9 Å². The summed E-state index contributed by atoms with van der Waals surface area (Å²) >= 11 is 11.9. The minimum Gasteiger partial charge on any atom is -0.462 e. The van der Waals surface area contributed by atoms with Crippen molar-refractivity contribution in [2.75, 3.05) is 22.1 Å². The molecule has 0 fully saturated rings. The molecule has 1 aliphatic heterocycles. The summed E-state index contributed by atoms with van der Waals surface area (Å²) in [6.07, 6.45) is 0.682. The number of carbonyl (C=O) groups is 4. The van der Waals surface area contributed by atoms with Crippen molar-refractivity contribution >= 4 is 64.0 Å². The molecule has 0 aromatic heterocycles. The number of ether oxygens (including phenoxy) is 1. The smallest absolute Gasteiger partial charge is 0.338 e. The van der Waals surface area contributed by atoms with Crippen molar-refractivity contribution in [1.82, 2.24) is 0 Å². The summed E-state index contributed by atoms with van der Waals surface area (Å²) in [6, 6.07) is 15.7. The Balaban J connectivity index is 1.43. The van der Waals surface area contributed by atoms with Gasteiger partial charge >= 0.3 is 5.97 Å². The molecule has 1 aliphatic rings. The summed E-state index contributed by atoms with van der Waals surface area (Å²) in [5.74, 6) is -2.98. The number of hydrogen-bond donors (Lipinski definition) is 2. The third-order valence-corrected chi connectivity index (χ3v) is 6.06. The summed E-state index contributed by atoms with van der Waals surface area (Å²) in [7, 11) is 0. The molecule has 0 bridgehead atoms. The van der Waals surface area contributed by atoms with Gasteiger partial charge in [0.2, 0.25) is 0 Å². The molecule has 194 valence electrons. The fourth-order valence-electron chi connectivity index (χ4n) is 3.50. The van der Waals surface area contributed by atoms with Crippen LogP contribution in [0.3, 0.4) is 0 Å². The average molecular weight is 556 g/mol. The van der Waals surface area contributed by atoms with Gasteiger partial charge in [-0.15, -0.1) is 0 Å². The summed E-state index contributed by atoms with van der Waals surface area (Å²) in [5.41, 5.74) is 1.38. The van der Waals surface area contributed by atoms with Gasteiger partial charge in [-0.25, -0.2) is 14.1 Å². The van der Waals surface area contributed by atoms with Gasteiger partial charge in [0, 0.05) is 16.9 Å². The van der Waals surface area contributed by atoms with Crippen LogP contribution in [-0.2, 0) is 14.3 Å². The molecular weight excluding hydrogens is 536 g/mol. The normalized spacial score (nSPS) is 13.1. The maximum atomic E-state index is 13.3. The lowest BCUT2D eigenvalue weighted by Crippen LogP contribution is -2.32. The van der Waals surface area contributed by atoms with Gasteiger partial charge in [-0.1, -0.05) is 30.1 Å². The molecule has 11 heteroatoms. The lowest BCUT2D eigenvalue weighted by atomic mass is 10.2. The minimum absolute atomic E-state index is 0.122. The molecule has 0 saturated heterocycles. The van der Waals surface area contributed by atoms with Crippen molar-refractivity contribution in [3.8, 4) is 0 Å². The second-order valence-electron chi connectivity index (χ2n) is 8.10. The number of rotatable bonds is 8. The highest BCUT2D eigenvalue weighted by Gasteiger charge is 2.39. The Bertz CT molecular complexity index is 1460. The van der Waals surface area contributed by atoms with Crippen molar-refractivity contribution < 1.29 is 28.3 Å². The molecule has 2 N–H and O–H groups in total. The molecular formula is C27H20Cl2FN3O5. The number of benzene rings is 3. The molecule has 0 radical (unpaired) electrons. The Morgan fingerprint density at radius 1 is 0.895 bits per heavy atom. The standard InChI is InChI=1S/C27H20Cl2FN3O5/c1-2-13-38-27(37)16-5-10-19(11-6-16)33-25(35)22(29)23(26(33)36)31-17-7-3-15(4-8-17)24(34)32-18-9-12-21(30)20(28)14-18/h3-12,14,31H,2,13H2,1H3,(H,32,34). The molecule has 1 heterocycles. The van der Waals surface area contributed by atoms with E-state index < -0.39 is 29.5 Å². The van der Waals surface area contributed by atoms with E-state index in [4.69, 9.17) is 27.9 Å². The van der Waals surface area contributed by atoms with E-state index in [0.29, 0.717) is 17.8 Å². The molecule has 4 rings (SSSR count). The van der Waals surface area contributed by atoms with Gasteiger partial charge in [0.25, 0.3) is 17.7 Å². The van der Waals surface area contributed by atoms with E-state index in [1.54, 1.807) is 0 Å². The Morgan fingerprint density at radius 2 is 1.53 bits per heavy atom. The van der Waals surface area contributed by atoms with Gasteiger partial charge in [-0.3, -0.25) is 14.4 Å². The number of hydrogen-bond acceptors (Lipinski definition) is 6. The number of amides is 3. The zero-order chi connectivity index (χ0) is 27.4. The maximum Gasteiger partial charge on any atom is 0.338 e. The van der Waals surface area contributed by atoms with E-state index in [-0.39, 0.29) is 39.2 Å². The molecule has 0 aliphatic carbocycles. The van der Waals surface area contributed by atoms with Gasteiger partial charge in [-0.05, 0) is 73.2 Å². The van der Waals surface area contributed by atoms with Crippen molar-refractivity contribution in [2.45, 2.75) is 13.3 Å². The molecule has 3 aromatic rings. The second-order valence-corrected chi connectivity index (χ2v) is 8.89. The largest absolute Gasteiger partial charge is 0.462 e. The quantitative estimate of drug-likeness (QED) is 0.271. The van der Waals surface area contributed by atoms with Crippen LogP contribution in [0.5, 0.6) is 0 Å². The fraction of sp³-hybridized carbons (Fsp3) is 0.111. The van der Waals surface area contributed by atoms with E-state index in [9.17, 15) is 23.6 Å². The number of nitrogens with one attached hydrogen (secondary N) is 2. The van der Waals surface area contributed by atoms with Crippen LogP contribution in [0.25, 0.3) is 0 Å². The lowest BCUT2D eigenvalue weighted by Gasteiger charge is -2.15. The average Bonchev–Trinajstić information content (AvgIpc) is 3.12. The molecule has 8 nitrogen and oxygen atoms in total. The molecule has 0 unspecified atom stereocenters. The van der Waals surface area contributed by atoms with E-state index in [2.05, 4.69) is 10.6 Å². The van der Waals surface area contributed by atoms with Crippen LogP contribution in [0.4, 0.5) is 21.5 Å². The first-order chi connectivity index (χ1) is 18.2. The fourth-order valence-corrected chi connectivity index (χ4v) is 3.89. The number of esters is 1. The zero-order valence-electron chi connectivity index (χ0n) is 19.9. The third-order valence-electron chi connectivity index (χ3n) is 5.42. The van der Waals surface area contributed by atoms with Gasteiger partial charge in [0.1, 0.15) is 16.5 Å². The molecule has 0 saturated carbocycles. The number of nitrogens with zero attached hydrogens (tertiary/aromatic N) is 1. The first kappa shape index (κ1) is 26.8. The van der Waals surface area contributed by atoms with Crippen molar-refractivity contribution in [3.63, 3.8) is 0 Å². The SMILES string of the molecule is CCCOC(=O)c1ccc(N2C(=O)C(Cl)=C(Nc3ccc(C(=O)Nc4ccc(F)c(Cl)c4)cc3)C2=O)cc1. The topological polar surface area (TPSA) is 105 Å². The highest BCUT2D eigenvalue weighted by Crippen LogP contribution is 2.30. The van der Waals surface area contributed by atoms with E-state index >= 15 is 0 Å². The van der Waals surface area contributed by atoms with Crippen LogP contribution >= 0.6 is 23.2 Å². The molecule has 0 atom stereocenters. The maximum absolute atomic E-state index is 13.3. The van der Waals surface area contributed by atoms with Crippen molar-refractivity contribution in [1.29, 1.82) is 0 Å². The first-order valence-electron chi connectivity index (χ1n) is 11.4. The number of halogens is 3. The Kier molecular flexibility index (Phi) is 8.09. The summed E-state index contributed by atoms with van der Waals surface area (Å²) in [4.78, 5) is 51.2. The molecule has 3 aromatic carbocycles. The molecule has 3 amide bonds. The molecule has 0 spiro atoms. The van der Waals surface area contributed by atoms with Crippen LogP contribution in [0.1, 0.15) is 34.1 Å². The van der Waals surface area contributed by atoms with Gasteiger partial charge in [0.15, 0.2) is 0 Å². The van der Waals surface area contributed by atoms with E-state index in [0.717, 1.165) is 11.0 Å². The number of imide groups is 1. The Hall–Kier alpha value is -4.21. The Labute approximate surface area is 227 Å². The Morgan fingerprint density at radius 3 is 2.16 bits per heavy atom. The molecule has 38 heavy (non-hydrogen) atoms. The minimum atomic E-state index is -0.727. The third kappa shape index (κ3) is 5.69. The number of carbonyl (C=O) groups excluding carboxylic acids is 4. The highest BCUT2D eigenvalue weighted by molar-refractivity contribution is 6.53. The predicted octanol–water partition coefficient (Wildman–Crippen LogP) is 5.73. The lowest BCUT2D eigenvalue weighted by molar-refractivity contribution is -0.120. The van der Waals surface area contributed by atoms with Crippen LogP contribution in [0, 0.1) is 5.82 Å². The first-order valence-corrected chi connectivity index (χ1v) is 12.1. The van der Waals surface area contributed by atoms with Crippen molar-refractivity contribution in [2.24, 2.45) is 0 Å². The van der Waals surface area contributed by atoms with Crippen molar-refractivity contribution in [3.05, 3.63) is 99.4 Å². The summed E-state index contributed by atoms with van der Waals surface area (Å²) in [6.45, 7) is 2.16. The second kappa shape index (κ2) is 11.5. The van der Waals surface area contributed by atoms with E-state index in [1.807, 2.05) is 6.92 Å². The van der Waals surface area contributed by atoms with E-state index in [1.165, 1.54) is 60.7 Å².